The molecule has 0 spiro atoms. The highest BCUT2D eigenvalue weighted by Crippen LogP contribution is 1.97. The molecule has 1 rings (SSSR count). The van der Waals surface area contributed by atoms with Crippen molar-refractivity contribution >= 4 is 35.0 Å². The van der Waals surface area contributed by atoms with Gasteiger partial charge in [-0.3, -0.25) is 15.0 Å². The second kappa shape index (κ2) is 9.58. The zero-order valence-corrected chi connectivity index (χ0v) is 12.5. The first kappa shape index (κ1) is 16.8. The minimum Gasteiger partial charge on any atom is -0.343 e. The lowest BCUT2D eigenvalue weighted by atomic mass is 10.2. The maximum atomic E-state index is 11.7. The van der Waals surface area contributed by atoms with Crippen LogP contribution in [0, 0.1) is 0 Å². The van der Waals surface area contributed by atoms with Gasteiger partial charge in [-0.2, -0.15) is 0 Å². The summed E-state index contributed by atoms with van der Waals surface area (Å²) in [4.78, 5) is 23.4. The molecule has 2 N–H and O–H groups in total. The molecule has 20 heavy (non-hydrogen) atoms. The number of carbonyl (C=O) groups excluding carboxylic acids is 2. The number of rotatable bonds is 8. The fourth-order valence-electron chi connectivity index (χ4n) is 1.50. The van der Waals surface area contributed by atoms with E-state index >= 15 is 0 Å². The summed E-state index contributed by atoms with van der Waals surface area (Å²) in [7, 11) is 0. The highest BCUT2D eigenvalue weighted by Gasteiger charge is 2.10. The van der Waals surface area contributed by atoms with Gasteiger partial charge in [-0.15, -0.1) is 23.2 Å². The topological polar surface area (TPSA) is 61.4 Å². The Balaban J connectivity index is 2.37. The van der Waals surface area contributed by atoms with Crippen LogP contribution < -0.4 is 10.7 Å². The van der Waals surface area contributed by atoms with Gasteiger partial charge in [0.1, 0.15) is 0 Å². The van der Waals surface area contributed by atoms with Crippen LogP contribution in [0.15, 0.2) is 30.3 Å². The van der Waals surface area contributed by atoms with Crippen molar-refractivity contribution in [3.8, 4) is 0 Å². The number of nitrogens with zero attached hydrogens (tertiary/aromatic N) is 1. The summed E-state index contributed by atoms with van der Waals surface area (Å²) in [6.07, 6.45) is 0. The molecule has 0 heterocycles. The van der Waals surface area contributed by atoms with Gasteiger partial charge < -0.3 is 5.32 Å². The Morgan fingerprint density at radius 1 is 1.05 bits per heavy atom. The average Bonchev–Trinajstić information content (AvgIpc) is 2.46. The lowest BCUT2D eigenvalue weighted by Crippen LogP contribution is -2.48. The minimum absolute atomic E-state index is 0.102. The maximum absolute atomic E-state index is 11.7. The van der Waals surface area contributed by atoms with Gasteiger partial charge in [0.25, 0.3) is 11.8 Å². The van der Waals surface area contributed by atoms with E-state index in [2.05, 4.69) is 10.7 Å². The molecule has 0 saturated heterocycles. The number of hydrazine groups is 1. The lowest BCUT2D eigenvalue weighted by molar-refractivity contribution is -0.124. The molecule has 0 aliphatic carbocycles. The van der Waals surface area contributed by atoms with Gasteiger partial charge in [-0.05, 0) is 12.1 Å². The number of nitrogens with one attached hydrogen (secondary N) is 2. The molecule has 2 amide bonds. The quantitative estimate of drug-likeness (QED) is 0.560. The average molecular weight is 318 g/mol. The van der Waals surface area contributed by atoms with Gasteiger partial charge in [0.05, 0.1) is 6.54 Å². The zero-order valence-electron chi connectivity index (χ0n) is 10.9. The number of hydrogen-bond acceptors (Lipinski definition) is 3. The van der Waals surface area contributed by atoms with E-state index < -0.39 is 0 Å². The van der Waals surface area contributed by atoms with Gasteiger partial charge in [0.2, 0.25) is 0 Å². The molecule has 0 atom stereocenters. The molecular formula is C13H17Cl2N3O2. The number of amides is 2. The van der Waals surface area contributed by atoms with Crippen molar-refractivity contribution in [2.45, 2.75) is 0 Å². The van der Waals surface area contributed by atoms with E-state index in [1.54, 1.807) is 29.3 Å². The van der Waals surface area contributed by atoms with Gasteiger partial charge in [0, 0.05) is 30.4 Å². The van der Waals surface area contributed by atoms with Crippen molar-refractivity contribution in [1.29, 1.82) is 0 Å². The number of carbonyl (C=O) groups is 2. The van der Waals surface area contributed by atoms with Crippen LogP contribution in [0.25, 0.3) is 0 Å². The number of benzene rings is 1. The van der Waals surface area contributed by atoms with E-state index in [-0.39, 0.29) is 18.4 Å². The molecular weight excluding hydrogens is 301 g/mol. The van der Waals surface area contributed by atoms with Crippen LogP contribution in [0.4, 0.5) is 0 Å². The number of hydrogen-bond donors (Lipinski definition) is 2. The first-order chi connectivity index (χ1) is 9.67. The van der Waals surface area contributed by atoms with Crippen molar-refractivity contribution < 1.29 is 9.59 Å². The standard InChI is InChI=1S/C13H17Cl2N3O2/c14-6-8-18(9-7-15)17-12(19)10-16-13(20)11-4-2-1-3-5-11/h1-5H,6-10H2,(H,16,20)(H,17,19). The third-order valence-corrected chi connectivity index (χ3v) is 2.78. The van der Waals surface area contributed by atoms with Crippen molar-refractivity contribution in [3.05, 3.63) is 35.9 Å². The SMILES string of the molecule is O=C(CNC(=O)c1ccccc1)NN(CCCl)CCCl. The van der Waals surface area contributed by atoms with Crippen LogP contribution >= 0.6 is 23.2 Å². The third-order valence-electron chi connectivity index (χ3n) is 2.44. The molecule has 1 aromatic carbocycles. The summed E-state index contributed by atoms with van der Waals surface area (Å²) in [6, 6.07) is 8.70. The van der Waals surface area contributed by atoms with Crippen molar-refractivity contribution in [3.63, 3.8) is 0 Å². The Bertz CT molecular complexity index is 423. The fraction of sp³-hybridized carbons (Fsp3) is 0.385. The Labute approximate surface area is 128 Å². The summed E-state index contributed by atoms with van der Waals surface area (Å²) >= 11 is 11.2. The monoisotopic (exact) mass is 317 g/mol. The summed E-state index contributed by atoms with van der Waals surface area (Å²) in [5.41, 5.74) is 3.15. The van der Waals surface area contributed by atoms with Gasteiger partial charge in [-0.1, -0.05) is 18.2 Å². The highest BCUT2D eigenvalue weighted by atomic mass is 35.5. The van der Waals surface area contributed by atoms with Crippen LogP contribution in [-0.2, 0) is 4.79 Å². The first-order valence-electron chi connectivity index (χ1n) is 6.17. The Morgan fingerprint density at radius 2 is 1.65 bits per heavy atom. The van der Waals surface area contributed by atoms with Crippen LogP contribution in [-0.4, -0.2) is 48.2 Å². The molecule has 0 radical (unpaired) electrons. The normalized spacial score (nSPS) is 10.3. The number of alkyl halides is 2. The molecule has 0 aromatic heterocycles. The summed E-state index contributed by atoms with van der Waals surface area (Å²) in [5, 5.41) is 4.17. The molecule has 0 fully saturated rings. The third kappa shape index (κ3) is 6.23. The fourth-order valence-corrected chi connectivity index (χ4v) is 1.90. The maximum Gasteiger partial charge on any atom is 0.253 e. The van der Waals surface area contributed by atoms with Crippen LogP contribution in [0.3, 0.4) is 0 Å². The van der Waals surface area contributed by atoms with Crippen molar-refractivity contribution in [2.75, 3.05) is 31.4 Å². The van der Waals surface area contributed by atoms with Crippen LogP contribution in [0.5, 0.6) is 0 Å². The van der Waals surface area contributed by atoms with Crippen molar-refractivity contribution in [2.24, 2.45) is 0 Å². The molecule has 110 valence electrons. The molecule has 0 saturated carbocycles. The van der Waals surface area contributed by atoms with Gasteiger partial charge in [0.15, 0.2) is 0 Å². The Morgan fingerprint density at radius 3 is 2.20 bits per heavy atom. The molecule has 0 aliphatic rings. The highest BCUT2D eigenvalue weighted by molar-refractivity contribution is 6.18. The van der Waals surface area contributed by atoms with E-state index in [1.165, 1.54) is 0 Å². The largest absolute Gasteiger partial charge is 0.343 e. The van der Waals surface area contributed by atoms with Gasteiger partial charge in [-0.25, -0.2) is 5.01 Å². The predicted octanol–water partition coefficient (Wildman–Crippen LogP) is 1.23. The van der Waals surface area contributed by atoms with E-state index in [4.69, 9.17) is 23.2 Å². The zero-order chi connectivity index (χ0) is 14.8. The first-order valence-corrected chi connectivity index (χ1v) is 7.24. The summed E-state index contributed by atoms with van der Waals surface area (Å²) in [5.74, 6) is 0.160. The van der Waals surface area contributed by atoms with Crippen LogP contribution in [0.1, 0.15) is 10.4 Å². The second-order valence-electron chi connectivity index (χ2n) is 3.95. The summed E-state index contributed by atoms with van der Waals surface area (Å²) < 4.78 is 0. The molecule has 5 nitrogen and oxygen atoms in total. The second-order valence-corrected chi connectivity index (χ2v) is 4.70. The van der Waals surface area contributed by atoms with E-state index in [0.29, 0.717) is 30.4 Å². The van der Waals surface area contributed by atoms with E-state index in [0.717, 1.165) is 0 Å². The predicted molar refractivity (Wildman–Crippen MR) is 79.9 cm³/mol. The smallest absolute Gasteiger partial charge is 0.253 e. The minimum atomic E-state index is -0.315. The molecule has 0 aliphatic heterocycles. The number of halogens is 2. The molecule has 7 heteroatoms. The summed E-state index contributed by atoms with van der Waals surface area (Å²) in [6.45, 7) is 0.883. The van der Waals surface area contributed by atoms with Crippen LogP contribution in [0.2, 0.25) is 0 Å². The lowest BCUT2D eigenvalue weighted by Gasteiger charge is -2.21. The van der Waals surface area contributed by atoms with E-state index in [1.807, 2.05) is 6.07 Å². The molecule has 0 bridgehead atoms. The van der Waals surface area contributed by atoms with Gasteiger partial charge >= 0.3 is 0 Å². The Kier molecular flexibility index (Phi) is 8.02. The molecule has 1 aromatic rings. The molecule has 0 unspecified atom stereocenters. The Hall–Kier alpha value is -1.30. The van der Waals surface area contributed by atoms with E-state index in [9.17, 15) is 9.59 Å². The van der Waals surface area contributed by atoms with Crippen molar-refractivity contribution in [1.82, 2.24) is 15.8 Å².